The van der Waals surface area contributed by atoms with Gasteiger partial charge in [0.1, 0.15) is 5.52 Å². The van der Waals surface area contributed by atoms with Gasteiger partial charge in [-0.2, -0.15) is 0 Å². The molecule has 1 fully saturated rings. The second kappa shape index (κ2) is 8.01. The lowest BCUT2D eigenvalue weighted by Gasteiger charge is -2.36. The molecule has 4 heterocycles. The van der Waals surface area contributed by atoms with E-state index >= 15 is 0 Å². The van der Waals surface area contributed by atoms with E-state index in [1.165, 1.54) is 11.3 Å². The predicted molar refractivity (Wildman–Crippen MR) is 122 cm³/mol. The molecule has 9 nitrogen and oxygen atoms in total. The lowest BCUT2D eigenvalue weighted by molar-refractivity contribution is -0.125. The highest BCUT2D eigenvalue weighted by atomic mass is 32.1. The Morgan fingerprint density at radius 1 is 1.28 bits per heavy atom. The van der Waals surface area contributed by atoms with Gasteiger partial charge < -0.3 is 20.9 Å². The van der Waals surface area contributed by atoms with Crippen molar-refractivity contribution in [3.63, 3.8) is 0 Å². The van der Waals surface area contributed by atoms with E-state index in [1.807, 2.05) is 13.0 Å². The van der Waals surface area contributed by atoms with Crippen molar-refractivity contribution in [3.05, 3.63) is 35.0 Å². The number of H-pyrrole nitrogens is 1. The molecule has 0 aliphatic carbocycles. The number of fused-ring (bicyclic) bond motifs is 1. The van der Waals surface area contributed by atoms with E-state index in [0.29, 0.717) is 40.4 Å². The van der Waals surface area contributed by atoms with E-state index in [4.69, 9.17) is 5.73 Å². The summed E-state index contributed by atoms with van der Waals surface area (Å²) in [6.07, 6.45) is 3.23. The second-order valence-electron chi connectivity index (χ2n) is 9.19. The Labute approximate surface area is 189 Å². The van der Waals surface area contributed by atoms with Gasteiger partial charge in [-0.25, -0.2) is 9.97 Å². The largest absolute Gasteiger partial charge is 0.369 e. The molecule has 0 radical (unpaired) electrons. The summed E-state index contributed by atoms with van der Waals surface area (Å²) in [6, 6.07) is 3.52. The molecule has 1 saturated heterocycles. The molecule has 3 amide bonds. The zero-order valence-electron chi connectivity index (χ0n) is 18.4. The van der Waals surface area contributed by atoms with Crippen LogP contribution in [0.1, 0.15) is 47.7 Å². The molecular weight excluding hydrogens is 428 g/mol. The summed E-state index contributed by atoms with van der Waals surface area (Å²) < 4.78 is 0. The van der Waals surface area contributed by atoms with Crippen molar-refractivity contribution in [2.45, 2.75) is 33.7 Å². The highest BCUT2D eigenvalue weighted by Gasteiger charge is 2.35. The van der Waals surface area contributed by atoms with Gasteiger partial charge in [-0.3, -0.25) is 14.4 Å². The first-order chi connectivity index (χ1) is 15.0. The average Bonchev–Trinajstić information content (AvgIpc) is 3.32. The number of amides is 3. The number of aromatic nitrogens is 3. The maximum absolute atomic E-state index is 12.8. The van der Waals surface area contributed by atoms with Gasteiger partial charge >= 0.3 is 0 Å². The molecule has 0 aromatic carbocycles. The van der Waals surface area contributed by atoms with E-state index in [1.54, 1.807) is 23.4 Å². The van der Waals surface area contributed by atoms with Crippen LogP contribution in [0.25, 0.3) is 21.7 Å². The van der Waals surface area contributed by atoms with Crippen LogP contribution in [-0.2, 0) is 4.79 Å². The number of rotatable bonds is 5. The second-order valence-corrected chi connectivity index (χ2v) is 10.3. The third kappa shape index (κ3) is 4.10. The zero-order chi connectivity index (χ0) is 23.2. The molecule has 1 atom stereocenters. The van der Waals surface area contributed by atoms with Crippen LogP contribution >= 0.6 is 11.3 Å². The van der Waals surface area contributed by atoms with Crippen LogP contribution in [0.2, 0.25) is 0 Å². The molecule has 0 spiro atoms. The normalized spacial score (nSPS) is 15.4. The number of nitrogens with zero attached hydrogens (tertiary/aromatic N) is 3. The number of thiophene rings is 1. The predicted octanol–water partition coefficient (Wildman–Crippen LogP) is 2.41. The molecule has 1 aliphatic heterocycles. The first kappa shape index (κ1) is 21.9. The number of nitrogens with two attached hydrogens (primary N) is 1. The van der Waals surface area contributed by atoms with Crippen molar-refractivity contribution >= 4 is 40.2 Å². The summed E-state index contributed by atoms with van der Waals surface area (Å²) in [5.74, 6) is -1.00. The van der Waals surface area contributed by atoms with Crippen LogP contribution in [0, 0.1) is 11.3 Å². The van der Waals surface area contributed by atoms with Gasteiger partial charge in [0.25, 0.3) is 11.8 Å². The Morgan fingerprint density at radius 3 is 2.66 bits per heavy atom. The molecule has 3 aromatic heterocycles. The minimum Gasteiger partial charge on any atom is -0.369 e. The van der Waals surface area contributed by atoms with Crippen molar-refractivity contribution in [1.29, 1.82) is 0 Å². The number of likely N-dealkylation sites (tertiary alicyclic amines) is 1. The number of carbonyl (C=O) groups is 3. The lowest BCUT2D eigenvalue weighted by Crippen LogP contribution is -2.54. The molecule has 4 N–H and O–H groups in total. The molecule has 32 heavy (non-hydrogen) atoms. The van der Waals surface area contributed by atoms with Crippen LogP contribution in [0.15, 0.2) is 24.5 Å². The molecular formula is C22H26N6O3S. The number of hydrogen-bond acceptors (Lipinski definition) is 6. The van der Waals surface area contributed by atoms with E-state index in [2.05, 4.69) is 41.0 Å². The van der Waals surface area contributed by atoms with E-state index in [0.717, 1.165) is 4.88 Å². The Kier molecular flexibility index (Phi) is 5.49. The van der Waals surface area contributed by atoms with Crippen LogP contribution in [0.5, 0.6) is 0 Å². The molecule has 1 unspecified atom stereocenters. The number of carbonyl (C=O) groups excluding carboxylic acids is 3. The maximum atomic E-state index is 12.8. The van der Waals surface area contributed by atoms with Crippen molar-refractivity contribution in [3.8, 4) is 10.6 Å². The van der Waals surface area contributed by atoms with Gasteiger partial charge in [0.15, 0.2) is 5.65 Å². The first-order valence-electron chi connectivity index (χ1n) is 10.4. The van der Waals surface area contributed by atoms with Gasteiger partial charge in [-0.15, -0.1) is 11.3 Å². The van der Waals surface area contributed by atoms with Crippen LogP contribution < -0.4 is 11.1 Å². The topological polar surface area (TPSA) is 134 Å². The zero-order valence-corrected chi connectivity index (χ0v) is 19.2. The highest BCUT2D eigenvalue weighted by molar-refractivity contribution is 7.17. The van der Waals surface area contributed by atoms with Crippen molar-refractivity contribution in [2.75, 3.05) is 13.1 Å². The number of hydrogen-bond donors (Lipinski definition) is 3. The van der Waals surface area contributed by atoms with Crippen molar-refractivity contribution < 1.29 is 14.4 Å². The SMILES string of the molecule is CC(NC(=O)c1c[nH]c2ncc(-c3ccc(C(=O)N4CC(C(N)=O)C4)s3)nc12)C(C)(C)C. The van der Waals surface area contributed by atoms with Crippen molar-refractivity contribution in [2.24, 2.45) is 17.1 Å². The fourth-order valence-corrected chi connectivity index (χ4v) is 4.17. The monoisotopic (exact) mass is 454 g/mol. The Hall–Kier alpha value is -3.27. The van der Waals surface area contributed by atoms with Crippen LogP contribution in [-0.4, -0.2) is 56.7 Å². The van der Waals surface area contributed by atoms with Gasteiger partial charge in [0.2, 0.25) is 5.91 Å². The molecule has 4 rings (SSSR count). The summed E-state index contributed by atoms with van der Waals surface area (Å²) in [7, 11) is 0. The van der Waals surface area contributed by atoms with Gasteiger partial charge in [0, 0.05) is 25.3 Å². The summed E-state index contributed by atoms with van der Waals surface area (Å²) in [5, 5.41) is 3.02. The number of aromatic amines is 1. The molecule has 1 aliphatic rings. The van der Waals surface area contributed by atoms with Crippen molar-refractivity contribution in [1.82, 2.24) is 25.2 Å². The summed E-state index contributed by atoms with van der Waals surface area (Å²) in [5.41, 5.74) is 7.21. The maximum Gasteiger partial charge on any atom is 0.263 e. The minimum atomic E-state index is -0.382. The molecule has 3 aromatic rings. The van der Waals surface area contributed by atoms with Crippen LogP contribution in [0.4, 0.5) is 0 Å². The van der Waals surface area contributed by atoms with E-state index in [-0.39, 0.29) is 35.1 Å². The molecule has 0 saturated carbocycles. The summed E-state index contributed by atoms with van der Waals surface area (Å²) >= 11 is 1.30. The fourth-order valence-electron chi connectivity index (χ4n) is 3.24. The van der Waals surface area contributed by atoms with E-state index in [9.17, 15) is 14.4 Å². The Balaban J connectivity index is 1.55. The average molecular weight is 455 g/mol. The molecule has 10 heteroatoms. The summed E-state index contributed by atoms with van der Waals surface area (Å²) in [4.78, 5) is 51.6. The van der Waals surface area contributed by atoms with Gasteiger partial charge in [-0.1, -0.05) is 20.8 Å². The van der Waals surface area contributed by atoms with Gasteiger partial charge in [0.05, 0.1) is 33.1 Å². The van der Waals surface area contributed by atoms with Gasteiger partial charge in [-0.05, 0) is 24.5 Å². The first-order valence-corrected chi connectivity index (χ1v) is 11.2. The molecule has 168 valence electrons. The highest BCUT2D eigenvalue weighted by Crippen LogP contribution is 2.30. The number of primary amides is 1. The summed E-state index contributed by atoms with van der Waals surface area (Å²) in [6.45, 7) is 8.86. The quantitative estimate of drug-likeness (QED) is 0.544. The molecule has 0 bridgehead atoms. The smallest absolute Gasteiger partial charge is 0.263 e. The Bertz CT molecular complexity index is 1200. The van der Waals surface area contributed by atoms with Crippen LogP contribution in [0.3, 0.4) is 0 Å². The lowest BCUT2D eigenvalue weighted by atomic mass is 9.88. The standard InChI is InChI=1S/C22H26N6O3S/c1-11(22(2,3)4)26-20(30)13-7-24-19-17(13)27-14(8-25-19)15-5-6-16(32-15)21(31)28-9-12(10-28)18(23)29/h5-8,11-12H,9-10H2,1-4H3,(H2,23,29)(H,24,25)(H,26,30). The minimum absolute atomic E-state index is 0.0300. The Morgan fingerprint density at radius 2 is 2.00 bits per heavy atom. The number of nitrogens with one attached hydrogen (secondary N) is 2. The van der Waals surface area contributed by atoms with E-state index < -0.39 is 0 Å². The third-order valence-corrected chi connectivity index (χ3v) is 7.01. The fraction of sp³-hybridized carbons (Fsp3) is 0.409. The third-order valence-electron chi connectivity index (χ3n) is 5.91.